The monoisotopic (exact) mass is 468 g/mol. The van der Waals surface area contributed by atoms with Gasteiger partial charge >= 0.3 is 0 Å². The lowest BCUT2D eigenvalue weighted by Gasteiger charge is -2.25. The number of halogens is 1. The second-order valence-corrected chi connectivity index (χ2v) is 9.21. The number of nitrogens with one attached hydrogen (secondary N) is 2. The van der Waals surface area contributed by atoms with Crippen LogP contribution in [0.3, 0.4) is 0 Å². The Balaban J connectivity index is 1.56. The van der Waals surface area contributed by atoms with Gasteiger partial charge in [0.05, 0.1) is 18.4 Å². The van der Waals surface area contributed by atoms with Crippen LogP contribution < -0.4 is 28.1 Å². The fourth-order valence-corrected chi connectivity index (χ4v) is 4.78. The number of aromatic nitrogens is 3. The Morgan fingerprint density at radius 1 is 1.12 bits per heavy atom. The molecular weight excluding hydrogens is 436 g/mol. The summed E-state index contributed by atoms with van der Waals surface area (Å²) in [6.07, 6.45) is 11.3. The molecule has 176 valence electrons. The molecule has 1 aromatic carbocycles. The standard InChI is InChI=1S/C24H33ClN8/c25-18-8-6-16(7-9-18)14-33-15-17(13-30-33)20(10-11-29-19-4-2-1-3-5-19)21-12-22(26)31-24(32-28)23(21)27/h6-9,12-13,15,19-20,29H,1-5,10-11,14,27-28H2,(H3,26,31,32). The summed E-state index contributed by atoms with van der Waals surface area (Å²) in [6.45, 7) is 1.54. The van der Waals surface area contributed by atoms with Crippen molar-refractivity contribution in [3.8, 4) is 0 Å². The smallest absolute Gasteiger partial charge is 0.165 e. The molecule has 1 fully saturated rings. The zero-order chi connectivity index (χ0) is 23.2. The Hall–Kier alpha value is -2.81. The van der Waals surface area contributed by atoms with E-state index < -0.39 is 0 Å². The molecule has 1 atom stereocenters. The molecule has 8 nitrogen and oxygen atoms in total. The van der Waals surface area contributed by atoms with E-state index in [9.17, 15) is 0 Å². The van der Waals surface area contributed by atoms with Gasteiger partial charge in [0.15, 0.2) is 5.82 Å². The Labute approximate surface area is 199 Å². The summed E-state index contributed by atoms with van der Waals surface area (Å²) >= 11 is 6.02. The van der Waals surface area contributed by atoms with Gasteiger partial charge in [-0.1, -0.05) is 43.0 Å². The van der Waals surface area contributed by atoms with E-state index in [1.165, 1.54) is 32.1 Å². The molecule has 9 heteroatoms. The van der Waals surface area contributed by atoms with Gasteiger partial charge in [-0.25, -0.2) is 10.8 Å². The van der Waals surface area contributed by atoms with Crippen LogP contribution in [-0.2, 0) is 6.54 Å². The number of anilines is 3. The van der Waals surface area contributed by atoms with Crippen LogP contribution in [0.2, 0.25) is 5.02 Å². The highest BCUT2D eigenvalue weighted by Crippen LogP contribution is 2.35. The molecule has 2 aromatic heterocycles. The van der Waals surface area contributed by atoms with Crippen molar-refractivity contribution in [2.24, 2.45) is 5.84 Å². The van der Waals surface area contributed by atoms with Gasteiger partial charge in [0.25, 0.3) is 0 Å². The van der Waals surface area contributed by atoms with E-state index in [1.807, 2.05) is 41.2 Å². The highest BCUT2D eigenvalue weighted by atomic mass is 35.5. The van der Waals surface area contributed by atoms with Crippen molar-refractivity contribution in [2.75, 3.05) is 23.4 Å². The molecule has 0 amide bonds. The highest BCUT2D eigenvalue weighted by molar-refractivity contribution is 6.30. The van der Waals surface area contributed by atoms with Gasteiger partial charge in [0.1, 0.15) is 5.82 Å². The first-order chi connectivity index (χ1) is 16.0. The number of hydrogen-bond acceptors (Lipinski definition) is 7. The first kappa shape index (κ1) is 23.4. The second-order valence-electron chi connectivity index (χ2n) is 8.77. The fraction of sp³-hybridized carbons (Fsp3) is 0.417. The van der Waals surface area contributed by atoms with Crippen LogP contribution in [0.5, 0.6) is 0 Å². The molecule has 0 bridgehead atoms. The number of benzene rings is 1. The van der Waals surface area contributed by atoms with Gasteiger partial charge in [-0.3, -0.25) is 4.68 Å². The van der Waals surface area contributed by atoms with E-state index in [0.29, 0.717) is 29.9 Å². The molecule has 33 heavy (non-hydrogen) atoms. The minimum Gasteiger partial charge on any atom is -0.395 e. The van der Waals surface area contributed by atoms with Crippen molar-refractivity contribution in [3.63, 3.8) is 0 Å². The van der Waals surface area contributed by atoms with Crippen molar-refractivity contribution in [3.05, 3.63) is 64.4 Å². The third-order valence-corrected chi connectivity index (χ3v) is 6.66. The number of nitrogens with two attached hydrogens (primary N) is 3. The predicted molar refractivity (Wildman–Crippen MR) is 135 cm³/mol. The summed E-state index contributed by atoms with van der Waals surface area (Å²) in [5, 5.41) is 9.07. The summed E-state index contributed by atoms with van der Waals surface area (Å²) < 4.78 is 1.93. The lowest BCUT2D eigenvalue weighted by molar-refractivity contribution is 0.370. The molecule has 3 aromatic rings. The third kappa shape index (κ3) is 5.96. The first-order valence-corrected chi connectivity index (χ1v) is 11.9. The van der Waals surface area contributed by atoms with Gasteiger partial charge < -0.3 is 22.2 Å². The summed E-state index contributed by atoms with van der Waals surface area (Å²) in [4.78, 5) is 4.22. The second kappa shape index (κ2) is 10.9. The third-order valence-electron chi connectivity index (χ3n) is 6.41. The van der Waals surface area contributed by atoms with Gasteiger partial charge in [-0.15, -0.1) is 0 Å². The maximum atomic E-state index is 6.44. The largest absolute Gasteiger partial charge is 0.395 e. The summed E-state index contributed by atoms with van der Waals surface area (Å²) in [5.41, 5.74) is 18.7. The Bertz CT molecular complexity index is 1040. The molecule has 8 N–H and O–H groups in total. The number of nitrogens with zero attached hydrogens (tertiary/aromatic N) is 3. The van der Waals surface area contributed by atoms with Crippen LogP contribution in [0.1, 0.15) is 61.1 Å². The molecular formula is C24H33ClN8. The highest BCUT2D eigenvalue weighted by Gasteiger charge is 2.22. The number of pyridine rings is 1. The zero-order valence-corrected chi connectivity index (χ0v) is 19.6. The molecule has 0 saturated heterocycles. The van der Waals surface area contributed by atoms with Gasteiger partial charge in [0, 0.05) is 23.2 Å². The number of hydrazine groups is 1. The molecule has 0 aliphatic heterocycles. The van der Waals surface area contributed by atoms with Crippen molar-refractivity contribution in [1.29, 1.82) is 0 Å². The lowest BCUT2D eigenvalue weighted by atomic mass is 9.89. The van der Waals surface area contributed by atoms with Crippen molar-refractivity contribution in [1.82, 2.24) is 20.1 Å². The lowest BCUT2D eigenvalue weighted by Crippen LogP contribution is -2.32. The van der Waals surface area contributed by atoms with Gasteiger partial charge in [-0.2, -0.15) is 5.10 Å². The average Bonchev–Trinajstić information content (AvgIpc) is 3.28. The molecule has 1 unspecified atom stereocenters. The quantitative estimate of drug-likeness (QED) is 0.238. The molecule has 1 aliphatic carbocycles. The SMILES string of the molecule is NNc1nc(N)cc(C(CCNC2CCCCC2)c2cnn(Cc3ccc(Cl)cc3)c2)c1N. The minimum absolute atomic E-state index is 0.0115. The fourth-order valence-electron chi connectivity index (χ4n) is 4.66. The topological polar surface area (TPSA) is 133 Å². The van der Waals surface area contributed by atoms with E-state index >= 15 is 0 Å². The van der Waals surface area contributed by atoms with E-state index in [-0.39, 0.29) is 5.92 Å². The average molecular weight is 469 g/mol. The molecule has 1 saturated carbocycles. The Kier molecular flexibility index (Phi) is 7.69. The number of nitrogen functional groups attached to an aromatic ring is 3. The predicted octanol–water partition coefficient (Wildman–Crippen LogP) is 3.87. The van der Waals surface area contributed by atoms with Crippen molar-refractivity contribution >= 4 is 28.9 Å². The summed E-state index contributed by atoms with van der Waals surface area (Å²) in [7, 11) is 0. The maximum Gasteiger partial charge on any atom is 0.165 e. The minimum atomic E-state index is 0.0115. The number of hydrogen-bond donors (Lipinski definition) is 5. The Morgan fingerprint density at radius 3 is 2.61 bits per heavy atom. The zero-order valence-electron chi connectivity index (χ0n) is 18.8. The van der Waals surface area contributed by atoms with Crippen molar-refractivity contribution < 1.29 is 0 Å². The first-order valence-electron chi connectivity index (χ1n) is 11.6. The van der Waals surface area contributed by atoms with Gasteiger partial charge in [-0.05, 0) is 60.7 Å². The van der Waals surface area contributed by atoms with Crippen LogP contribution in [0.4, 0.5) is 17.3 Å². The van der Waals surface area contributed by atoms with E-state index in [1.54, 1.807) is 0 Å². The maximum absolute atomic E-state index is 6.44. The van der Waals surface area contributed by atoms with Crippen LogP contribution >= 0.6 is 11.6 Å². The summed E-state index contributed by atoms with van der Waals surface area (Å²) in [6, 6.07) is 10.2. The van der Waals surface area contributed by atoms with Crippen LogP contribution in [-0.4, -0.2) is 27.4 Å². The van der Waals surface area contributed by atoms with Crippen LogP contribution in [0, 0.1) is 0 Å². The molecule has 0 spiro atoms. The van der Waals surface area contributed by atoms with E-state index in [4.69, 9.17) is 28.9 Å². The Morgan fingerprint density at radius 2 is 1.88 bits per heavy atom. The van der Waals surface area contributed by atoms with E-state index in [2.05, 4.69) is 27.0 Å². The molecule has 0 radical (unpaired) electrons. The molecule has 1 aliphatic rings. The number of rotatable bonds is 9. The van der Waals surface area contributed by atoms with Crippen LogP contribution in [0.25, 0.3) is 0 Å². The van der Waals surface area contributed by atoms with E-state index in [0.717, 1.165) is 34.7 Å². The van der Waals surface area contributed by atoms with Crippen molar-refractivity contribution in [2.45, 2.75) is 57.0 Å². The normalized spacial score (nSPS) is 15.5. The molecule has 4 rings (SSSR count). The summed E-state index contributed by atoms with van der Waals surface area (Å²) in [5.74, 6) is 6.42. The molecule has 2 heterocycles. The van der Waals surface area contributed by atoms with Gasteiger partial charge in [0.2, 0.25) is 0 Å². The van der Waals surface area contributed by atoms with Crippen LogP contribution in [0.15, 0.2) is 42.7 Å².